The smallest absolute Gasteiger partial charge is 0.411 e. The number of methoxy groups -OCH3 is 1. The molecule has 0 aliphatic carbocycles. The lowest BCUT2D eigenvalue weighted by atomic mass is 9.98. The maximum absolute atomic E-state index is 13.1. The second-order valence-electron chi connectivity index (χ2n) is 8.11. The maximum Gasteiger partial charge on any atom is 0.411 e. The van der Waals surface area contributed by atoms with E-state index in [1.165, 1.54) is 24.3 Å². The van der Waals surface area contributed by atoms with Crippen molar-refractivity contribution in [2.75, 3.05) is 25.7 Å². The molecule has 30 heavy (non-hydrogen) atoms. The molecule has 2 amide bonds. The lowest BCUT2D eigenvalue weighted by Gasteiger charge is -2.35. The Kier molecular flexibility index (Phi) is 6.79. The maximum atomic E-state index is 13.1. The van der Waals surface area contributed by atoms with Gasteiger partial charge in [0.25, 0.3) is 5.91 Å². The van der Waals surface area contributed by atoms with Crippen LogP contribution in [-0.4, -0.2) is 64.9 Å². The van der Waals surface area contributed by atoms with Gasteiger partial charge < -0.3 is 14.2 Å². The predicted octanol–water partition coefficient (Wildman–Crippen LogP) is 2.31. The largest absolute Gasteiger partial charge is 0.465 e. The average molecular weight is 423 g/mol. The molecule has 166 valence electrons. The van der Waals surface area contributed by atoms with Crippen LogP contribution in [0.4, 0.5) is 4.79 Å². The van der Waals surface area contributed by atoms with E-state index < -0.39 is 35.1 Å². The van der Waals surface area contributed by atoms with Crippen molar-refractivity contribution >= 4 is 23.9 Å². The van der Waals surface area contributed by atoms with E-state index in [0.29, 0.717) is 19.4 Å². The Morgan fingerprint density at radius 1 is 1.20 bits per heavy atom. The third-order valence-electron chi connectivity index (χ3n) is 4.73. The van der Waals surface area contributed by atoms with Gasteiger partial charge in [-0.2, -0.15) is 0 Å². The van der Waals surface area contributed by atoms with Gasteiger partial charge in [0.15, 0.2) is 5.69 Å². The van der Waals surface area contributed by atoms with Gasteiger partial charge in [-0.25, -0.2) is 14.4 Å². The molecule has 1 fully saturated rings. The van der Waals surface area contributed by atoms with Crippen LogP contribution in [0.2, 0.25) is 0 Å². The molecule has 2 heterocycles. The summed E-state index contributed by atoms with van der Waals surface area (Å²) in [6, 6.07) is 1.35. The van der Waals surface area contributed by atoms with Gasteiger partial charge >= 0.3 is 18.0 Å². The van der Waals surface area contributed by atoms with Crippen LogP contribution in [0.3, 0.4) is 0 Å². The van der Waals surface area contributed by atoms with Gasteiger partial charge in [0.05, 0.1) is 19.3 Å². The summed E-state index contributed by atoms with van der Waals surface area (Å²) in [4.78, 5) is 51.5. The lowest BCUT2D eigenvalue weighted by Crippen LogP contribution is -2.55. The van der Waals surface area contributed by atoms with Gasteiger partial charge in [-0.3, -0.25) is 19.8 Å². The number of likely N-dealkylation sites (tertiary alicyclic amines) is 1. The minimum atomic E-state index is -1.19. The molecule has 10 heteroatoms. The number of ether oxygens (including phenoxy) is 3. The van der Waals surface area contributed by atoms with Crippen molar-refractivity contribution in [3.63, 3.8) is 0 Å². The normalized spacial score (nSPS) is 18.7. The molecule has 2 rings (SSSR count). The molecule has 0 unspecified atom stereocenters. The Hall–Kier alpha value is -3.04. The SMILES string of the molecule is CCOC(=O)c1c(C(=O)OC)ccn1NC(=O)[C@]1(C)CCCN1C(=O)OC(C)(C)C. The molecule has 0 aromatic carbocycles. The van der Waals surface area contributed by atoms with Crippen LogP contribution in [0.1, 0.15) is 68.3 Å². The molecule has 1 aliphatic heterocycles. The summed E-state index contributed by atoms with van der Waals surface area (Å²) < 4.78 is 16.2. The van der Waals surface area contributed by atoms with Crippen LogP contribution >= 0.6 is 0 Å². The molecule has 0 spiro atoms. The van der Waals surface area contributed by atoms with Crippen LogP contribution in [0.15, 0.2) is 12.3 Å². The number of carbonyl (C=O) groups excluding carboxylic acids is 4. The van der Waals surface area contributed by atoms with Crippen LogP contribution in [-0.2, 0) is 19.0 Å². The Bertz CT molecular complexity index is 840. The highest BCUT2D eigenvalue weighted by Gasteiger charge is 2.47. The molecule has 1 aliphatic rings. The van der Waals surface area contributed by atoms with Gasteiger partial charge in [0.1, 0.15) is 11.1 Å². The number of aromatic nitrogens is 1. The van der Waals surface area contributed by atoms with Crippen LogP contribution < -0.4 is 5.43 Å². The number of nitrogens with one attached hydrogen (secondary N) is 1. The van der Waals surface area contributed by atoms with Gasteiger partial charge in [-0.05, 0) is 53.5 Å². The molecular weight excluding hydrogens is 394 g/mol. The third kappa shape index (κ3) is 4.74. The van der Waals surface area contributed by atoms with E-state index >= 15 is 0 Å². The van der Waals surface area contributed by atoms with Gasteiger partial charge in [-0.15, -0.1) is 0 Å². The zero-order valence-corrected chi connectivity index (χ0v) is 18.2. The number of nitrogens with zero attached hydrogens (tertiary/aromatic N) is 2. The van der Waals surface area contributed by atoms with Crippen molar-refractivity contribution in [3.05, 3.63) is 23.5 Å². The Morgan fingerprint density at radius 2 is 1.87 bits per heavy atom. The summed E-state index contributed by atoms with van der Waals surface area (Å²) in [5.74, 6) is -2.05. The van der Waals surface area contributed by atoms with E-state index in [2.05, 4.69) is 5.43 Å². The molecule has 1 aromatic heterocycles. The summed E-state index contributed by atoms with van der Waals surface area (Å²) in [5.41, 5.74) is 0.495. The fourth-order valence-corrected chi connectivity index (χ4v) is 3.25. The van der Waals surface area contributed by atoms with Crippen LogP contribution in [0.5, 0.6) is 0 Å². The Balaban J connectivity index is 2.32. The first-order valence-corrected chi connectivity index (χ1v) is 9.73. The van der Waals surface area contributed by atoms with E-state index in [1.807, 2.05) is 0 Å². The van der Waals surface area contributed by atoms with Crippen molar-refractivity contribution in [1.82, 2.24) is 9.58 Å². The number of amides is 2. The summed E-state index contributed by atoms with van der Waals surface area (Å²) in [5, 5.41) is 0. The fraction of sp³-hybridized carbons (Fsp3) is 0.600. The monoisotopic (exact) mass is 423 g/mol. The highest BCUT2D eigenvalue weighted by molar-refractivity contribution is 6.03. The number of carbonyl (C=O) groups is 4. The Labute approximate surface area is 175 Å². The van der Waals surface area contributed by atoms with Crippen LogP contribution in [0.25, 0.3) is 0 Å². The Morgan fingerprint density at radius 3 is 2.43 bits per heavy atom. The number of rotatable bonds is 5. The minimum Gasteiger partial charge on any atom is -0.465 e. The van der Waals surface area contributed by atoms with Crippen molar-refractivity contribution < 1.29 is 33.4 Å². The van der Waals surface area contributed by atoms with Crippen molar-refractivity contribution in [2.45, 2.75) is 58.6 Å². The average Bonchev–Trinajstić information content (AvgIpc) is 3.24. The highest BCUT2D eigenvalue weighted by atomic mass is 16.6. The molecule has 1 atom stereocenters. The molecule has 0 saturated carbocycles. The second kappa shape index (κ2) is 8.76. The zero-order valence-electron chi connectivity index (χ0n) is 18.2. The number of hydrogen-bond donors (Lipinski definition) is 1. The van der Waals surface area contributed by atoms with E-state index in [9.17, 15) is 19.2 Å². The van der Waals surface area contributed by atoms with E-state index in [4.69, 9.17) is 14.2 Å². The summed E-state index contributed by atoms with van der Waals surface area (Å²) >= 11 is 0. The van der Waals surface area contributed by atoms with Crippen molar-refractivity contribution in [3.8, 4) is 0 Å². The van der Waals surface area contributed by atoms with Gasteiger partial charge in [-0.1, -0.05) is 0 Å². The second-order valence-corrected chi connectivity index (χ2v) is 8.11. The van der Waals surface area contributed by atoms with Crippen molar-refractivity contribution in [2.24, 2.45) is 0 Å². The summed E-state index contributed by atoms with van der Waals surface area (Å²) in [6.07, 6.45) is 1.79. The van der Waals surface area contributed by atoms with E-state index in [-0.39, 0.29) is 17.9 Å². The lowest BCUT2D eigenvalue weighted by molar-refractivity contribution is -0.126. The molecule has 0 radical (unpaired) electrons. The fourth-order valence-electron chi connectivity index (χ4n) is 3.25. The van der Waals surface area contributed by atoms with Gasteiger partial charge in [0.2, 0.25) is 0 Å². The number of hydrogen-bond acceptors (Lipinski definition) is 7. The summed E-state index contributed by atoms with van der Waals surface area (Å²) in [7, 11) is 1.19. The van der Waals surface area contributed by atoms with E-state index in [0.717, 1.165) is 4.68 Å². The molecule has 0 bridgehead atoms. The first kappa shape index (κ1) is 23.2. The predicted molar refractivity (Wildman–Crippen MR) is 107 cm³/mol. The first-order valence-electron chi connectivity index (χ1n) is 9.73. The zero-order chi connectivity index (χ0) is 22.7. The topological polar surface area (TPSA) is 116 Å². The van der Waals surface area contributed by atoms with E-state index in [1.54, 1.807) is 34.6 Å². The molecule has 1 saturated heterocycles. The minimum absolute atomic E-state index is 0.0446. The highest BCUT2D eigenvalue weighted by Crippen LogP contribution is 2.31. The first-order chi connectivity index (χ1) is 13.9. The standard InChI is InChI=1S/C20H29N3O7/c1-7-29-16(25)14-13(15(24)28-6)9-12-23(14)21-17(26)20(5)10-8-11-22(20)18(27)30-19(2,3)4/h9,12H,7-8,10-11H2,1-6H3,(H,21,26)/t20-/m0/s1. The molecular formula is C20H29N3O7. The quantitative estimate of drug-likeness (QED) is 0.571. The third-order valence-corrected chi connectivity index (χ3v) is 4.73. The van der Waals surface area contributed by atoms with Crippen molar-refractivity contribution in [1.29, 1.82) is 0 Å². The molecule has 1 aromatic rings. The molecule has 1 N–H and O–H groups in total. The summed E-state index contributed by atoms with van der Waals surface area (Å²) in [6.45, 7) is 8.95. The number of esters is 2. The van der Waals surface area contributed by atoms with Crippen LogP contribution in [0, 0.1) is 0 Å². The molecule has 10 nitrogen and oxygen atoms in total. The van der Waals surface area contributed by atoms with Gasteiger partial charge in [0, 0.05) is 12.7 Å².